The number of para-hydroxylation sites is 1. The molecule has 1 N–H and O–H groups in total. The number of hydrogen-bond donors (Lipinski definition) is 1. The van der Waals surface area contributed by atoms with Crippen LogP contribution in [0.5, 0.6) is 0 Å². The molecule has 3 rings (SSSR count). The maximum Gasteiger partial charge on any atom is 0.240 e. The third kappa shape index (κ3) is 9.44. The van der Waals surface area contributed by atoms with Gasteiger partial charge in [-0.05, 0) is 25.5 Å². The maximum atomic E-state index is 12.3. The Labute approximate surface area is 217 Å². The highest BCUT2D eigenvalue weighted by Gasteiger charge is 2.11. The Morgan fingerprint density at radius 3 is 2.11 bits per heavy atom. The minimum atomic E-state index is -0.0329. The normalized spacial score (nSPS) is 11.3. The lowest BCUT2D eigenvalue weighted by Crippen LogP contribution is -2.16. The molecule has 0 fully saturated rings. The third-order valence-electron chi connectivity index (χ3n) is 6.49. The number of benzene rings is 2. The van der Waals surface area contributed by atoms with Crippen LogP contribution < -0.4 is 5.43 Å². The molecule has 5 nitrogen and oxygen atoms in total. The summed E-state index contributed by atoms with van der Waals surface area (Å²) in [7, 11) is 0. The smallest absolute Gasteiger partial charge is 0.240 e. The average Bonchev–Trinajstić information content (AvgIpc) is 3.32. The number of carbonyl (C=O) groups is 1. The van der Waals surface area contributed by atoms with Gasteiger partial charge in [-0.25, -0.2) is 10.1 Å². The van der Waals surface area contributed by atoms with Gasteiger partial charge in [-0.2, -0.15) is 10.2 Å². The van der Waals surface area contributed by atoms with Crippen molar-refractivity contribution in [3.8, 4) is 16.9 Å². The highest BCUT2D eigenvalue weighted by atomic mass is 16.2. The minimum absolute atomic E-state index is 0.0329. The summed E-state index contributed by atoms with van der Waals surface area (Å²) in [4.78, 5) is 12.3. The van der Waals surface area contributed by atoms with Gasteiger partial charge in [-0.1, -0.05) is 119 Å². The van der Waals surface area contributed by atoms with Gasteiger partial charge >= 0.3 is 0 Å². The first-order valence-corrected chi connectivity index (χ1v) is 13.7. The first-order chi connectivity index (χ1) is 17.7. The number of hydrazone groups is 1. The van der Waals surface area contributed by atoms with Crippen LogP contribution in [0.25, 0.3) is 16.9 Å². The molecular formula is C31H42N4O. The molecule has 0 aliphatic rings. The second-order valence-corrected chi connectivity index (χ2v) is 9.66. The number of aryl methyl sites for hydroxylation is 1. The average molecular weight is 487 g/mol. The summed E-state index contributed by atoms with van der Waals surface area (Å²) < 4.78 is 1.85. The Kier molecular flexibility index (Phi) is 12.0. The zero-order valence-corrected chi connectivity index (χ0v) is 22.1. The van der Waals surface area contributed by atoms with Crippen molar-refractivity contribution >= 4 is 12.1 Å². The van der Waals surface area contributed by atoms with Gasteiger partial charge in [0.25, 0.3) is 0 Å². The van der Waals surface area contributed by atoms with Gasteiger partial charge < -0.3 is 0 Å². The summed E-state index contributed by atoms with van der Waals surface area (Å²) in [6.45, 7) is 4.33. The van der Waals surface area contributed by atoms with Crippen molar-refractivity contribution in [2.75, 3.05) is 0 Å². The van der Waals surface area contributed by atoms with Crippen LogP contribution in [0, 0.1) is 6.92 Å². The number of hydrogen-bond acceptors (Lipinski definition) is 3. The number of rotatable bonds is 16. The number of nitrogens with zero attached hydrogens (tertiary/aromatic N) is 3. The molecule has 0 unspecified atom stereocenters. The quantitative estimate of drug-likeness (QED) is 0.127. The standard InChI is InChI=1S/C31H42N4O/c1-3-4-5-6-7-8-9-10-11-12-16-19-30(36)33-32-24-28-25-35(29-17-14-13-15-18-29)34-31(28)27-22-20-26(2)21-23-27/h13-15,17-18,20-25H,3-12,16,19H2,1-2H3,(H,33,36)/b32-24-. The van der Waals surface area contributed by atoms with Crippen molar-refractivity contribution in [2.24, 2.45) is 5.10 Å². The van der Waals surface area contributed by atoms with Gasteiger partial charge in [0.15, 0.2) is 0 Å². The van der Waals surface area contributed by atoms with Crippen molar-refractivity contribution in [3.05, 3.63) is 71.9 Å². The highest BCUT2D eigenvalue weighted by molar-refractivity contribution is 5.89. The number of nitrogens with one attached hydrogen (secondary N) is 1. The van der Waals surface area contributed by atoms with E-state index in [9.17, 15) is 4.79 Å². The van der Waals surface area contributed by atoms with Crippen LogP contribution in [0.15, 0.2) is 65.9 Å². The number of carbonyl (C=O) groups excluding carboxylic acids is 1. The van der Waals surface area contributed by atoms with Gasteiger partial charge in [-0.15, -0.1) is 0 Å². The summed E-state index contributed by atoms with van der Waals surface area (Å²) >= 11 is 0. The Morgan fingerprint density at radius 2 is 1.47 bits per heavy atom. The Hall–Kier alpha value is -3.21. The topological polar surface area (TPSA) is 59.3 Å². The van der Waals surface area contributed by atoms with E-state index in [-0.39, 0.29) is 5.91 Å². The lowest BCUT2D eigenvalue weighted by atomic mass is 10.1. The van der Waals surface area contributed by atoms with Crippen LogP contribution in [0.3, 0.4) is 0 Å². The molecule has 0 saturated carbocycles. The van der Waals surface area contributed by atoms with Crippen LogP contribution >= 0.6 is 0 Å². The minimum Gasteiger partial charge on any atom is -0.273 e. The van der Waals surface area contributed by atoms with Crippen LogP contribution in [-0.4, -0.2) is 21.9 Å². The molecule has 0 bridgehead atoms. The zero-order valence-electron chi connectivity index (χ0n) is 22.1. The maximum absolute atomic E-state index is 12.3. The molecule has 0 spiro atoms. The highest BCUT2D eigenvalue weighted by Crippen LogP contribution is 2.23. The predicted molar refractivity (Wildman–Crippen MR) is 151 cm³/mol. The van der Waals surface area contributed by atoms with E-state index in [1.807, 2.05) is 41.2 Å². The molecule has 0 radical (unpaired) electrons. The zero-order chi connectivity index (χ0) is 25.4. The first-order valence-electron chi connectivity index (χ1n) is 13.7. The van der Waals surface area contributed by atoms with E-state index in [0.717, 1.165) is 35.3 Å². The lowest BCUT2D eigenvalue weighted by molar-refractivity contribution is -0.121. The van der Waals surface area contributed by atoms with E-state index in [0.29, 0.717) is 6.42 Å². The fourth-order valence-electron chi connectivity index (χ4n) is 4.31. The van der Waals surface area contributed by atoms with Gasteiger partial charge in [0.1, 0.15) is 5.69 Å². The monoisotopic (exact) mass is 486 g/mol. The number of aromatic nitrogens is 2. The van der Waals surface area contributed by atoms with Gasteiger partial charge in [0, 0.05) is 23.7 Å². The third-order valence-corrected chi connectivity index (χ3v) is 6.49. The van der Waals surface area contributed by atoms with Crippen molar-refractivity contribution in [1.29, 1.82) is 0 Å². The van der Waals surface area contributed by atoms with Crippen molar-refractivity contribution in [3.63, 3.8) is 0 Å². The van der Waals surface area contributed by atoms with Crippen LogP contribution in [0.1, 0.15) is 95.1 Å². The molecule has 1 heterocycles. The molecule has 1 aromatic heterocycles. The van der Waals surface area contributed by atoms with Gasteiger partial charge in [0.05, 0.1) is 11.9 Å². The van der Waals surface area contributed by atoms with Crippen molar-refractivity contribution in [1.82, 2.24) is 15.2 Å². The van der Waals surface area contributed by atoms with Gasteiger partial charge in [-0.3, -0.25) is 4.79 Å². The van der Waals surface area contributed by atoms with E-state index >= 15 is 0 Å². The molecule has 5 heteroatoms. The summed E-state index contributed by atoms with van der Waals surface area (Å²) in [5.41, 5.74) is 7.59. The molecule has 3 aromatic rings. The number of amides is 1. The van der Waals surface area contributed by atoms with Gasteiger partial charge in [0.2, 0.25) is 5.91 Å². The van der Waals surface area contributed by atoms with E-state index < -0.39 is 0 Å². The fraction of sp³-hybridized carbons (Fsp3) is 0.452. The van der Waals surface area contributed by atoms with Crippen LogP contribution in [0.4, 0.5) is 0 Å². The molecule has 1 amide bonds. The van der Waals surface area contributed by atoms with E-state index in [2.05, 4.69) is 48.6 Å². The Bertz CT molecular complexity index is 1050. The Morgan fingerprint density at radius 1 is 0.861 bits per heavy atom. The van der Waals surface area contributed by atoms with Crippen molar-refractivity contribution < 1.29 is 4.79 Å². The largest absolute Gasteiger partial charge is 0.273 e. The molecule has 0 aliphatic carbocycles. The lowest BCUT2D eigenvalue weighted by Gasteiger charge is -2.03. The van der Waals surface area contributed by atoms with Crippen LogP contribution in [0.2, 0.25) is 0 Å². The van der Waals surface area contributed by atoms with Crippen LogP contribution in [-0.2, 0) is 4.79 Å². The second kappa shape index (κ2) is 15.7. The molecular weight excluding hydrogens is 444 g/mol. The molecule has 0 saturated heterocycles. The summed E-state index contributed by atoms with van der Waals surface area (Å²) in [6.07, 6.45) is 18.2. The van der Waals surface area contributed by atoms with E-state index in [1.54, 1.807) is 6.21 Å². The summed E-state index contributed by atoms with van der Waals surface area (Å²) in [5.74, 6) is -0.0329. The SMILES string of the molecule is CCCCCCCCCCCCCC(=O)N/N=C\c1cn(-c2ccccc2)nc1-c1ccc(C)cc1. The summed E-state index contributed by atoms with van der Waals surface area (Å²) in [6, 6.07) is 18.3. The van der Waals surface area contributed by atoms with E-state index in [1.165, 1.54) is 63.4 Å². The molecule has 36 heavy (non-hydrogen) atoms. The fourth-order valence-corrected chi connectivity index (χ4v) is 4.31. The molecule has 0 atom stereocenters. The van der Waals surface area contributed by atoms with Crippen molar-refractivity contribution in [2.45, 2.75) is 90.9 Å². The number of unbranched alkanes of at least 4 members (excludes halogenated alkanes) is 10. The van der Waals surface area contributed by atoms with E-state index in [4.69, 9.17) is 5.10 Å². The molecule has 0 aliphatic heterocycles. The predicted octanol–water partition coefficient (Wildman–Crippen LogP) is 8.00. The first kappa shape index (κ1) is 27.4. The Balaban J connectivity index is 1.44. The summed E-state index contributed by atoms with van der Waals surface area (Å²) in [5, 5.41) is 9.04. The second-order valence-electron chi connectivity index (χ2n) is 9.66. The molecule has 192 valence electrons. The molecule has 2 aromatic carbocycles.